The van der Waals surface area contributed by atoms with Crippen LogP contribution in [0.15, 0.2) is 54.7 Å². The number of fused-ring (bicyclic) bond motifs is 3. The molecule has 9 heteroatoms. The van der Waals surface area contributed by atoms with Crippen molar-refractivity contribution in [2.24, 2.45) is 13.0 Å². The minimum atomic E-state index is -0.446. The van der Waals surface area contributed by atoms with E-state index in [1.54, 1.807) is 10.9 Å². The Hall–Kier alpha value is -4.11. The van der Waals surface area contributed by atoms with E-state index in [1.165, 1.54) is 19.2 Å². The van der Waals surface area contributed by atoms with Crippen molar-refractivity contribution in [3.63, 3.8) is 0 Å². The van der Waals surface area contributed by atoms with Crippen LogP contribution in [0.1, 0.15) is 40.5 Å². The third-order valence-electron chi connectivity index (χ3n) is 7.53. The number of rotatable bonds is 5. The van der Waals surface area contributed by atoms with Gasteiger partial charge in [-0.15, -0.1) is 5.10 Å². The summed E-state index contributed by atoms with van der Waals surface area (Å²) in [6.07, 6.45) is 3.28. The van der Waals surface area contributed by atoms with E-state index < -0.39 is 5.97 Å². The molecule has 0 spiro atoms. The van der Waals surface area contributed by atoms with Crippen molar-refractivity contribution in [1.29, 1.82) is 0 Å². The molecular formula is C29H28FN5O3. The Kier molecular flexibility index (Phi) is 6.15. The van der Waals surface area contributed by atoms with E-state index >= 15 is 0 Å². The van der Waals surface area contributed by atoms with Crippen molar-refractivity contribution in [3.8, 4) is 11.3 Å². The maximum Gasteiger partial charge on any atom is 0.339 e. The monoisotopic (exact) mass is 513 g/mol. The molecule has 38 heavy (non-hydrogen) atoms. The van der Waals surface area contributed by atoms with Crippen LogP contribution in [0.3, 0.4) is 0 Å². The molecule has 5 aromatic rings. The minimum absolute atomic E-state index is 0.129. The first-order valence-electron chi connectivity index (χ1n) is 12.7. The molecule has 1 aliphatic heterocycles. The first kappa shape index (κ1) is 24.2. The Morgan fingerprint density at radius 2 is 1.87 bits per heavy atom. The van der Waals surface area contributed by atoms with E-state index in [2.05, 4.69) is 33.1 Å². The van der Waals surface area contributed by atoms with Gasteiger partial charge in [-0.2, -0.15) is 0 Å². The van der Waals surface area contributed by atoms with Crippen molar-refractivity contribution in [2.45, 2.75) is 25.8 Å². The molecule has 0 radical (unpaired) electrons. The highest BCUT2D eigenvalue weighted by molar-refractivity contribution is 6.08. The van der Waals surface area contributed by atoms with E-state index in [-0.39, 0.29) is 17.8 Å². The van der Waals surface area contributed by atoms with Crippen molar-refractivity contribution >= 4 is 27.9 Å². The largest absolute Gasteiger partial charge is 0.465 e. The Labute approximate surface area is 219 Å². The normalized spacial score (nSPS) is 15.3. The van der Waals surface area contributed by atoms with Crippen molar-refractivity contribution in [1.82, 2.24) is 24.5 Å². The molecule has 2 aromatic carbocycles. The zero-order chi connectivity index (χ0) is 26.4. The Balaban J connectivity index is 1.68. The average Bonchev–Trinajstić information content (AvgIpc) is 3.45. The minimum Gasteiger partial charge on any atom is -0.465 e. The number of hydrogen-bond donors (Lipinski definition) is 0. The van der Waals surface area contributed by atoms with E-state index in [9.17, 15) is 9.18 Å². The molecule has 0 aliphatic carbocycles. The molecule has 194 valence electrons. The average molecular weight is 514 g/mol. The zero-order valence-corrected chi connectivity index (χ0v) is 21.5. The lowest BCUT2D eigenvalue weighted by Crippen LogP contribution is -2.27. The van der Waals surface area contributed by atoms with Crippen LogP contribution < -0.4 is 0 Å². The SMILES string of the molecule is COC(=O)c1cnc2c3ccc(-c4c(C)nnn4C)cc3n(C(c3ccc(F)cc3)C3CCOCC3)c2c1. The standard InChI is InChI=1S/C29H28FN5O3/c1-17-27(34(2)33-32-17)20-6-9-23-24(14-20)35(25-15-21(29(36)37-3)16-31-26(23)25)28(19-10-12-38-13-11-19)18-4-7-22(30)8-5-18/h4-9,14-16,19,28H,10-13H2,1-3H3. The number of methoxy groups -OCH3 is 1. The molecule has 1 unspecified atom stereocenters. The van der Waals surface area contributed by atoms with Gasteiger partial charge in [-0.25, -0.2) is 13.9 Å². The van der Waals surface area contributed by atoms with Crippen molar-refractivity contribution < 1.29 is 18.7 Å². The molecule has 1 atom stereocenters. The van der Waals surface area contributed by atoms with Crippen molar-refractivity contribution in [3.05, 3.63) is 77.4 Å². The smallest absolute Gasteiger partial charge is 0.339 e. The highest BCUT2D eigenvalue weighted by Gasteiger charge is 2.31. The second kappa shape index (κ2) is 9.64. The molecule has 0 saturated carbocycles. The number of esters is 1. The van der Waals surface area contributed by atoms with Crippen LogP contribution >= 0.6 is 0 Å². The van der Waals surface area contributed by atoms with Crippen LogP contribution in [0.2, 0.25) is 0 Å². The molecule has 4 heterocycles. The quantitative estimate of drug-likeness (QED) is 0.299. The van der Waals surface area contributed by atoms with E-state index in [1.807, 2.05) is 32.2 Å². The summed E-state index contributed by atoms with van der Waals surface area (Å²) < 4.78 is 28.7. The molecule has 1 aliphatic rings. The maximum atomic E-state index is 14.0. The van der Waals surface area contributed by atoms with Gasteiger partial charge in [0.15, 0.2) is 0 Å². The van der Waals surface area contributed by atoms with Gasteiger partial charge in [0.05, 0.1) is 46.7 Å². The van der Waals surface area contributed by atoms with E-state index in [4.69, 9.17) is 14.5 Å². The van der Waals surface area contributed by atoms with Gasteiger partial charge in [0.1, 0.15) is 5.82 Å². The lowest BCUT2D eigenvalue weighted by molar-refractivity contribution is 0.0552. The fourth-order valence-corrected chi connectivity index (χ4v) is 5.76. The summed E-state index contributed by atoms with van der Waals surface area (Å²) in [7, 11) is 3.24. The first-order chi connectivity index (χ1) is 18.5. The fraction of sp³-hybridized carbons (Fsp3) is 0.310. The second-order valence-corrected chi connectivity index (χ2v) is 9.78. The number of benzene rings is 2. The number of aryl methyl sites for hydroxylation is 2. The summed E-state index contributed by atoms with van der Waals surface area (Å²) in [4.78, 5) is 17.2. The van der Waals surface area contributed by atoms with Gasteiger partial charge in [0.2, 0.25) is 0 Å². The molecule has 0 amide bonds. The fourth-order valence-electron chi connectivity index (χ4n) is 5.76. The summed E-state index contributed by atoms with van der Waals surface area (Å²) in [6.45, 7) is 3.27. The number of halogens is 1. The lowest BCUT2D eigenvalue weighted by atomic mass is 9.86. The predicted octanol–water partition coefficient (Wildman–Crippen LogP) is 5.24. The van der Waals surface area contributed by atoms with Gasteiger partial charge in [0.25, 0.3) is 0 Å². The molecule has 3 aromatic heterocycles. The van der Waals surface area contributed by atoms with Gasteiger partial charge in [-0.3, -0.25) is 4.98 Å². The number of ether oxygens (including phenoxy) is 2. The summed E-state index contributed by atoms with van der Waals surface area (Å²) in [5, 5.41) is 9.39. The maximum absolute atomic E-state index is 14.0. The zero-order valence-electron chi connectivity index (χ0n) is 21.5. The molecule has 8 nitrogen and oxygen atoms in total. The van der Waals surface area contributed by atoms with Gasteiger partial charge in [-0.1, -0.05) is 23.4 Å². The third kappa shape index (κ3) is 4.03. The summed E-state index contributed by atoms with van der Waals surface area (Å²) >= 11 is 0. The second-order valence-electron chi connectivity index (χ2n) is 9.78. The van der Waals surface area contributed by atoms with Crippen LogP contribution in [0.5, 0.6) is 0 Å². The highest BCUT2D eigenvalue weighted by atomic mass is 19.1. The third-order valence-corrected chi connectivity index (χ3v) is 7.53. The van der Waals surface area contributed by atoms with Crippen molar-refractivity contribution in [2.75, 3.05) is 20.3 Å². The van der Waals surface area contributed by atoms with E-state index in [0.29, 0.717) is 18.8 Å². The van der Waals surface area contributed by atoms with Crippen LogP contribution in [-0.4, -0.2) is 50.8 Å². The molecule has 0 bridgehead atoms. The summed E-state index contributed by atoms with van der Waals surface area (Å²) in [6, 6.07) is 14.7. The number of hydrogen-bond acceptors (Lipinski definition) is 6. The molecule has 1 fully saturated rings. The highest BCUT2D eigenvalue weighted by Crippen LogP contribution is 2.41. The first-order valence-corrected chi connectivity index (χ1v) is 12.7. The number of pyridine rings is 1. The Morgan fingerprint density at radius 3 is 2.55 bits per heavy atom. The number of aromatic nitrogens is 5. The van der Waals surface area contributed by atoms with Gasteiger partial charge in [0, 0.05) is 37.4 Å². The number of carbonyl (C=O) groups is 1. The van der Waals surface area contributed by atoms with Gasteiger partial charge in [-0.05, 0) is 61.6 Å². The summed E-state index contributed by atoms with van der Waals surface area (Å²) in [5.74, 6) is -0.491. The molecule has 1 saturated heterocycles. The van der Waals surface area contributed by atoms with Crippen LogP contribution in [0.4, 0.5) is 4.39 Å². The molecule has 6 rings (SSSR count). The van der Waals surface area contributed by atoms with Crippen LogP contribution in [0, 0.1) is 18.7 Å². The summed E-state index contributed by atoms with van der Waals surface area (Å²) in [5.41, 5.74) is 6.68. The predicted molar refractivity (Wildman–Crippen MR) is 141 cm³/mol. The Bertz CT molecular complexity index is 1630. The number of carbonyl (C=O) groups excluding carboxylic acids is 1. The van der Waals surface area contributed by atoms with Gasteiger partial charge >= 0.3 is 5.97 Å². The lowest BCUT2D eigenvalue weighted by Gasteiger charge is -2.33. The van der Waals surface area contributed by atoms with Crippen LogP contribution in [0.25, 0.3) is 33.2 Å². The van der Waals surface area contributed by atoms with Gasteiger partial charge < -0.3 is 14.0 Å². The number of nitrogens with zero attached hydrogens (tertiary/aromatic N) is 5. The Morgan fingerprint density at radius 1 is 1.11 bits per heavy atom. The molecular weight excluding hydrogens is 485 g/mol. The van der Waals surface area contributed by atoms with Crippen LogP contribution in [-0.2, 0) is 16.5 Å². The topological polar surface area (TPSA) is 84.1 Å². The van der Waals surface area contributed by atoms with E-state index in [0.717, 1.165) is 57.3 Å². The molecule has 0 N–H and O–H groups in total.